The lowest BCUT2D eigenvalue weighted by molar-refractivity contribution is 0.674. The second-order valence-corrected chi connectivity index (χ2v) is 16.3. The van der Waals surface area contributed by atoms with Gasteiger partial charge in [0.15, 0.2) is 0 Å². The molecule has 1 heterocycles. The molecule has 13 rings (SSSR count). The van der Waals surface area contributed by atoms with Gasteiger partial charge in [0.1, 0.15) is 11.2 Å². The molecule has 284 valence electrons. The van der Waals surface area contributed by atoms with Crippen LogP contribution in [0.4, 0.5) is 17.1 Å². The molecule has 2 aliphatic carbocycles. The van der Waals surface area contributed by atoms with Gasteiger partial charge in [-0.3, -0.25) is 0 Å². The highest BCUT2D eigenvalue weighted by atomic mass is 16.3. The Morgan fingerprint density at radius 2 is 0.754 bits per heavy atom. The van der Waals surface area contributed by atoms with Crippen molar-refractivity contribution in [2.24, 2.45) is 0 Å². The minimum Gasteiger partial charge on any atom is -0.455 e. The maximum Gasteiger partial charge on any atom is 0.143 e. The summed E-state index contributed by atoms with van der Waals surface area (Å²) < 4.78 is 6.91. The Kier molecular flexibility index (Phi) is 7.26. The molecule has 0 aliphatic heterocycles. The summed E-state index contributed by atoms with van der Waals surface area (Å²) >= 11 is 0. The minimum atomic E-state index is -0.417. The molecule has 2 nitrogen and oxygen atoms in total. The zero-order valence-corrected chi connectivity index (χ0v) is 33.2. The lowest BCUT2D eigenvalue weighted by Crippen LogP contribution is -2.26. The number of furan rings is 1. The van der Waals surface area contributed by atoms with E-state index in [-0.39, 0.29) is 0 Å². The number of rotatable bonds is 5. The maximum atomic E-state index is 6.91. The molecule has 0 saturated carbocycles. The van der Waals surface area contributed by atoms with Crippen LogP contribution in [0.3, 0.4) is 0 Å². The van der Waals surface area contributed by atoms with E-state index in [0.29, 0.717) is 0 Å². The van der Waals surface area contributed by atoms with Crippen molar-refractivity contribution in [3.05, 3.63) is 247 Å². The standard InChI is InChI=1S/C59H37NO/c1-3-16-38(17-4-1)51-37-52-50-26-15-25-43(57(50)61-58(52)49-24-8-7-20-44(49)51)39-30-32-41(33-31-39)60(40-18-5-2-6-19-40)42-34-35-48-47-23-11-14-29-55(47)59(56(48)36-42)53-27-12-9-21-45(53)46-22-10-13-28-54(46)59/h1-37H. The van der Waals surface area contributed by atoms with Gasteiger partial charge in [0.05, 0.1) is 5.41 Å². The molecular formula is C59H37NO. The molecule has 1 aromatic heterocycles. The van der Waals surface area contributed by atoms with Gasteiger partial charge in [-0.1, -0.05) is 182 Å². The molecule has 0 atom stereocenters. The number of para-hydroxylation sites is 2. The van der Waals surface area contributed by atoms with E-state index in [1.807, 2.05) is 0 Å². The summed E-state index contributed by atoms with van der Waals surface area (Å²) in [5.41, 5.74) is 19.9. The van der Waals surface area contributed by atoms with Crippen LogP contribution in [0.2, 0.25) is 0 Å². The van der Waals surface area contributed by atoms with Crippen molar-refractivity contribution in [1.29, 1.82) is 0 Å². The number of hydrogen-bond donors (Lipinski definition) is 0. The van der Waals surface area contributed by atoms with Gasteiger partial charge in [0.2, 0.25) is 0 Å². The summed E-state index contributed by atoms with van der Waals surface area (Å²) in [7, 11) is 0. The fraction of sp³-hybridized carbons (Fsp3) is 0.0169. The van der Waals surface area contributed by atoms with Crippen molar-refractivity contribution in [3.8, 4) is 44.5 Å². The molecule has 0 amide bonds. The molecule has 1 spiro atoms. The number of anilines is 3. The zero-order valence-electron chi connectivity index (χ0n) is 33.2. The number of benzene rings is 10. The van der Waals surface area contributed by atoms with E-state index in [0.717, 1.165) is 55.5 Å². The van der Waals surface area contributed by atoms with Gasteiger partial charge in [0, 0.05) is 38.8 Å². The summed E-state index contributed by atoms with van der Waals surface area (Å²) in [6, 6.07) is 82.0. The molecule has 0 bridgehead atoms. The molecule has 10 aromatic carbocycles. The van der Waals surface area contributed by atoms with E-state index in [2.05, 4.69) is 229 Å². The fourth-order valence-corrected chi connectivity index (χ4v) is 10.7. The molecule has 0 fully saturated rings. The second kappa shape index (κ2) is 13.0. The largest absolute Gasteiger partial charge is 0.455 e. The molecule has 11 aromatic rings. The molecule has 2 heteroatoms. The van der Waals surface area contributed by atoms with Crippen LogP contribution in [0.1, 0.15) is 22.3 Å². The van der Waals surface area contributed by atoms with Crippen molar-refractivity contribution >= 4 is 49.8 Å². The van der Waals surface area contributed by atoms with Crippen molar-refractivity contribution < 1.29 is 4.42 Å². The van der Waals surface area contributed by atoms with Crippen molar-refractivity contribution in [2.45, 2.75) is 5.41 Å². The summed E-state index contributed by atoms with van der Waals surface area (Å²) in [5.74, 6) is 0. The highest BCUT2D eigenvalue weighted by molar-refractivity contribution is 6.20. The Morgan fingerprint density at radius 1 is 0.279 bits per heavy atom. The molecule has 0 radical (unpaired) electrons. The number of nitrogens with zero attached hydrogens (tertiary/aromatic N) is 1. The second-order valence-electron chi connectivity index (χ2n) is 16.3. The van der Waals surface area contributed by atoms with Gasteiger partial charge in [-0.25, -0.2) is 0 Å². The predicted molar refractivity (Wildman–Crippen MR) is 253 cm³/mol. The summed E-state index contributed by atoms with van der Waals surface area (Å²) in [6.45, 7) is 0. The molecule has 0 N–H and O–H groups in total. The lowest BCUT2D eigenvalue weighted by Gasteiger charge is -2.32. The quantitative estimate of drug-likeness (QED) is 0.173. The maximum absolute atomic E-state index is 6.91. The first-order chi connectivity index (χ1) is 30.3. The molecule has 61 heavy (non-hydrogen) atoms. The van der Waals surface area contributed by atoms with E-state index in [4.69, 9.17) is 4.42 Å². The Bertz CT molecular complexity index is 3460. The van der Waals surface area contributed by atoms with E-state index in [1.165, 1.54) is 61.0 Å². The summed E-state index contributed by atoms with van der Waals surface area (Å²) in [4.78, 5) is 2.40. The molecule has 0 saturated heterocycles. The topological polar surface area (TPSA) is 16.4 Å². The molecular weight excluding hydrogens is 739 g/mol. The van der Waals surface area contributed by atoms with Crippen LogP contribution < -0.4 is 4.90 Å². The van der Waals surface area contributed by atoms with Gasteiger partial charge in [-0.2, -0.15) is 0 Å². The van der Waals surface area contributed by atoms with Crippen LogP contribution in [0.5, 0.6) is 0 Å². The lowest BCUT2D eigenvalue weighted by atomic mass is 9.70. The Morgan fingerprint density at radius 3 is 1.43 bits per heavy atom. The Balaban J connectivity index is 0.966. The van der Waals surface area contributed by atoms with Crippen LogP contribution >= 0.6 is 0 Å². The van der Waals surface area contributed by atoms with Crippen molar-refractivity contribution in [3.63, 3.8) is 0 Å². The monoisotopic (exact) mass is 775 g/mol. The first-order valence-electron chi connectivity index (χ1n) is 21.1. The fourth-order valence-electron chi connectivity index (χ4n) is 10.7. The normalized spacial score (nSPS) is 13.0. The third-order valence-electron chi connectivity index (χ3n) is 13.3. The average Bonchev–Trinajstić information content (AvgIpc) is 3.97. The van der Waals surface area contributed by atoms with Gasteiger partial charge in [-0.15, -0.1) is 0 Å². The van der Waals surface area contributed by atoms with Crippen LogP contribution in [0, 0.1) is 0 Å². The zero-order chi connectivity index (χ0) is 40.1. The van der Waals surface area contributed by atoms with Crippen molar-refractivity contribution in [2.75, 3.05) is 4.90 Å². The van der Waals surface area contributed by atoms with Gasteiger partial charge in [0.25, 0.3) is 0 Å². The minimum absolute atomic E-state index is 0.417. The predicted octanol–water partition coefficient (Wildman–Crippen LogP) is 15.9. The van der Waals surface area contributed by atoms with Gasteiger partial charge < -0.3 is 9.32 Å². The molecule has 0 unspecified atom stereocenters. The third-order valence-corrected chi connectivity index (χ3v) is 13.3. The van der Waals surface area contributed by atoms with E-state index in [9.17, 15) is 0 Å². The third kappa shape index (κ3) is 4.79. The van der Waals surface area contributed by atoms with Crippen LogP contribution in [0.25, 0.3) is 77.2 Å². The van der Waals surface area contributed by atoms with E-state index < -0.39 is 5.41 Å². The summed E-state index contributed by atoms with van der Waals surface area (Å²) in [6.07, 6.45) is 0. The SMILES string of the molecule is c1ccc(-c2cc3c4cccc(-c5ccc(N(c6ccccc6)c6ccc7c(c6)C6(c8ccccc8-c8ccccc86)c6ccccc6-7)cc5)c4oc3c3ccccc23)cc1. The average molecular weight is 776 g/mol. The number of fused-ring (bicyclic) bond motifs is 15. The smallest absolute Gasteiger partial charge is 0.143 e. The van der Waals surface area contributed by atoms with Crippen molar-refractivity contribution in [1.82, 2.24) is 0 Å². The van der Waals surface area contributed by atoms with Crippen LogP contribution in [0.15, 0.2) is 229 Å². The van der Waals surface area contributed by atoms with Gasteiger partial charge in [-0.05, 0) is 109 Å². The first-order valence-corrected chi connectivity index (χ1v) is 21.1. The van der Waals surface area contributed by atoms with Gasteiger partial charge >= 0.3 is 0 Å². The highest BCUT2D eigenvalue weighted by Crippen LogP contribution is 2.63. The first kappa shape index (κ1) is 34.0. The van der Waals surface area contributed by atoms with E-state index in [1.54, 1.807) is 0 Å². The Labute approximate surface area is 354 Å². The summed E-state index contributed by atoms with van der Waals surface area (Å²) in [5, 5.41) is 4.56. The molecule has 2 aliphatic rings. The van der Waals surface area contributed by atoms with Crippen LogP contribution in [-0.2, 0) is 5.41 Å². The van der Waals surface area contributed by atoms with Crippen LogP contribution in [-0.4, -0.2) is 0 Å². The highest BCUT2D eigenvalue weighted by Gasteiger charge is 2.51. The van der Waals surface area contributed by atoms with E-state index >= 15 is 0 Å². The number of hydrogen-bond acceptors (Lipinski definition) is 2. The Hall–Kier alpha value is -7.94.